The van der Waals surface area contributed by atoms with Gasteiger partial charge in [-0.2, -0.15) is 4.31 Å². The zero-order chi connectivity index (χ0) is 14.8. The third kappa shape index (κ3) is 3.29. The topological polar surface area (TPSA) is 60.9 Å². The molecule has 1 heterocycles. The van der Waals surface area contributed by atoms with Crippen LogP contribution in [0.3, 0.4) is 0 Å². The Kier molecular flexibility index (Phi) is 4.98. The van der Waals surface area contributed by atoms with Gasteiger partial charge in [-0.3, -0.25) is 4.90 Å². The van der Waals surface area contributed by atoms with Gasteiger partial charge in [0.15, 0.2) is 0 Å². The van der Waals surface area contributed by atoms with E-state index in [2.05, 4.69) is 0 Å². The molecule has 1 N–H and O–H groups in total. The van der Waals surface area contributed by atoms with Gasteiger partial charge in [-0.25, -0.2) is 12.8 Å². The largest absolute Gasteiger partial charge is 0.395 e. The SMILES string of the molecule is O=S(=O)(c1cc(F)ccc1Cl)N1CCN(CCO)CC1. The molecule has 5 nitrogen and oxygen atoms in total. The van der Waals surface area contributed by atoms with Gasteiger partial charge >= 0.3 is 0 Å². The third-order valence-corrected chi connectivity index (χ3v) is 5.64. The van der Waals surface area contributed by atoms with Crippen LogP contribution >= 0.6 is 11.6 Å². The Labute approximate surface area is 122 Å². The van der Waals surface area contributed by atoms with Crippen LogP contribution in [0.15, 0.2) is 23.1 Å². The maximum atomic E-state index is 13.2. The Morgan fingerprint density at radius 3 is 2.50 bits per heavy atom. The fourth-order valence-corrected chi connectivity index (χ4v) is 4.06. The summed E-state index contributed by atoms with van der Waals surface area (Å²) in [4.78, 5) is 1.77. The summed E-state index contributed by atoms with van der Waals surface area (Å²) in [5.41, 5.74) is 0. The van der Waals surface area contributed by atoms with Gasteiger partial charge in [-0.15, -0.1) is 0 Å². The molecule has 1 fully saturated rings. The minimum atomic E-state index is -3.78. The lowest BCUT2D eigenvalue weighted by Crippen LogP contribution is -2.49. The van der Waals surface area contributed by atoms with Crippen LogP contribution in [0, 0.1) is 5.82 Å². The summed E-state index contributed by atoms with van der Waals surface area (Å²) in [6.07, 6.45) is 0. The van der Waals surface area contributed by atoms with Crippen LogP contribution in [0.25, 0.3) is 0 Å². The fraction of sp³-hybridized carbons (Fsp3) is 0.500. The average molecular weight is 323 g/mol. The third-order valence-electron chi connectivity index (χ3n) is 3.26. The number of rotatable bonds is 4. The Morgan fingerprint density at radius 1 is 1.25 bits per heavy atom. The van der Waals surface area contributed by atoms with E-state index in [-0.39, 0.29) is 16.5 Å². The fourth-order valence-electron chi connectivity index (χ4n) is 2.15. The molecule has 0 atom stereocenters. The minimum Gasteiger partial charge on any atom is -0.395 e. The van der Waals surface area contributed by atoms with Crippen molar-refractivity contribution in [1.82, 2.24) is 9.21 Å². The second-order valence-corrected chi connectivity index (χ2v) is 6.86. The molecule has 0 bridgehead atoms. The van der Waals surface area contributed by atoms with E-state index in [1.54, 1.807) is 0 Å². The van der Waals surface area contributed by atoms with E-state index in [1.165, 1.54) is 10.4 Å². The number of aliphatic hydroxyl groups is 1. The number of sulfonamides is 1. The van der Waals surface area contributed by atoms with E-state index in [0.29, 0.717) is 32.7 Å². The summed E-state index contributed by atoms with van der Waals surface area (Å²) in [5, 5.41) is 8.87. The number of nitrogens with zero attached hydrogens (tertiary/aromatic N) is 2. The zero-order valence-corrected chi connectivity index (χ0v) is 12.4. The summed E-state index contributed by atoms with van der Waals surface area (Å²) in [7, 11) is -3.78. The quantitative estimate of drug-likeness (QED) is 0.890. The molecule has 0 radical (unpaired) electrons. The normalized spacial score (nSPS) is 18.4. The van der Waals surface area contributed by atoms with Gasteiger partial charge in [0.2, 0.25) is 10.0 Å². The van der Waals surface area contributed by atoms with Gasteiger partial charge in [0.05, 0.1) is 11.6 Å². The molecule has 112 valence electrons. The molecule has 0 amide bonds. The Bertz CT molecular complexity index is 574. The van der Waals surface area contributed by atoms with Crippen molar-refractivity contribution in [2.45, 2.75) is 4.90 Å². The van der Waals surface area contributed by atoms with Crippen molar-refractivity contribution in [3.05, 3.63) is 29.0 Å². The van der Waals surface area contributed by atoms with Crippen LogP contribution < -0.4 is 0 Å². The predicted octanol–water partition coefficient (Wildman–Crippen LogP) is 0.778. The molecule has 1 saturated heterocycles. The first-order valence-corrected chi connectivity index (χ1v) is 8.05. The number of β-amino-alcohol motifs (C(OH)–C–C–N with tert-alkyl or cyclic N) is 1. The highest BCUT2D eigenvalue weighted by molar-refractivity contribution is 7.89. The molecule has 1 aromatic carbocycles. The van der Waals surface area contributed by atoms with Crippen LogP contribution in [-0.4, -0.2) is 62.1 Å². The van der Waals surface area contributed by atoms with Gasteiger partial charge in [0.25, 0.3) is 0 Å². The van der Waals surface area contributed by atoms with Crippen LogP contribution in [0.2, 0.25) is 5.02 Å². The first-order chi connectivity index (χ1) is 9.45. The molecule has 8 heteroatoms. The standard InChI is InChI=1S/C12H16ClFN2O3S/c13-11-2-1-10(14)9-12(11)20(18,19)16-5-3-15(4-6-16)7-8-17/h1-2,9,17H,3-8H2. The van der Waals surface area contributed by atoms with Crippen molar-refractivity contribution in [3.63, 3.8) is 0 Å². The van der Waals surface area contributed by atoms with E-state index >= 15 is 0 Å². The molecule has 0 aliphatic carbocycles. The Hall–Kier alpha value is -0.730. The minimum absolute atomic E-state index is 0.0178. The van der Waals surface area contributed by atoms with Gasteiger partial charge in [-0.1, -0.05) is 11.6 Å². The molecule has 0 saturated carbocycles. The Morgan fingerprint density at radius 2 is 1.90 bits per heavy atom. The highest BCUT2D eigenvalue weighted by Gasteiger charge is 2.30. The number of piperazine rings is 1. The molecule has 1 aliphatic heterocycles. The number of benzene rings is 1. The summed E-state index contributed by atoms with van der Waals surface area (Å²) < 4.78 is 39.4. The summed E-state index contributed by atoms with van der Waals surface area (Å²) >= 11 is 5.86. The van der Waals surface area contributed by atoms with Crippen molar-refractivity contribution in [2.75, 3.05) is 39.3 Å². The predicted molar refractivity (Wildman–Crippen MR) is 73.7 cm³/mol. The smallest absolute Gasteiger partial charge is 0.244 e. The molecule has 0 spiro atoms. The number of halogens is 2. The second kappa shape index (κ2) is 6.36. The molecule has 0 aromatic heterocycles. The zero-order valence-electron chi connectivity index (χ0n) is 10.8. The first-order valence-electron chi connectivity index (χ1n) is 6.23. The highest BCUT2D eigenvalue weighted by atomic mass is 35.5. The van der Waals surface area contributed by atoms with E-state index in [1.807, 2.05) is 4.90 Å². The van der Waals surface area contributed by atoms with Crippen molar-refractivity contribution in [1.29, 1.82) is 0 Å². The molecular formula is C12H16ClFN2O3S. The molecular weight excluding hydrogens is 307 g/mol. The van der Waals surface area contributed by atoms with Crippen LogP contribution in [0.1, 0.15) is 0 Å². The Balaban J connectivity index is 2.18. The van der Waals surface area contributed by atoms with Crippen molar-refractivity contribution >= 4 is 21.6 Å². The summed E-state index contributed by atoms with van der Waals surface area (Å²) in [5.74, 6) is -0.633. The van der Waals surface area contributed by atoms with E-state index in [4.69, 9.17) is 16.7 Å². The number of hydrogen-bond acceptors (Lipinski definition) is 4. The first kappa shape index (κ1) is 15.7. The average Bonchev–Trinajstić information content (AvgIpc) is 2.42. The molecule has 2 rings (SSSR count). The lowest BCUT2D eigenvalue weighted by atomic mass is 10.3. The number of hydrogen-bond donors (Lipinski definition) is 1. The van der Waals surface area contributed by atoms with Crippen molar-refractivity contribution in [3.8, 4) is 0 Å². The van der Waals surface area contributed by atoms with Crippen LogP contribution in [0.4, 0.5) is 4.39 Å². The van der Waals surface area contributed by atoms with Crippen molar-refractivity contribution in [2.24, 2.45) is 0 Å². The second-order valence-electron chi connectivity index (χ2n) is 4.54. The van der Waals surface area contributed by atoms with Crippen LogP contribution in [-0.2, 0) is 10.0 Å². The van der Waals surface area contributed by atoms with E-state index in [0.717, 1.165) is 12.1 Å². The molecule has 20 heavy (non-hydrogen) atoms. The monoisotopic (exact) mass is 322 g/mol. The van der Waals surface area contributed by atoms with Gasteiger partial charge in [-0.05, 0) is 18.2 Å². The molecule has 1 aromatic rings. The van der Waals surface area contributed by atoms with E-state index < -0.39 is 15.8 Å². The van der Waals surface area contributed by atoms with Gasteiger partial charge < -0.3 is 5.11 Å². The highest BCUT2D eigenvalue weighted by Crippen LogP contribution is 2.26. The number of aliphatic hydroxyl groups excluding tert-OH is 1. The summed E-state index contributed by atoms with van der Waals surface area (Å²) in [6, 6.07) is 3.31. The molecule has 1 aliphatic rings. The maximum absolute atomic E-state index is 13.2. The lowest BCUT2D eigenvalue weighted by Gasteiger charge is -2.33. The van der Waals surface area contributed by atoms with Crippen molar-refractivity contribution < 1.29 is 17.9 Å². The van der Waals surface area contributed by atoms with E-state index in [9.17, 15) is 12.8 Å². The molecule has 0 unspecified atom stereocenters. The van der Waals surface area contributed by atoms with Gasteiger partial charge in [0, 0.05) is 32.7 Å². The van der Waals surface area contributed by atoms with Crippen LogP contribution in [0.5, 0.6) is 0 Å². The summed E-state index contributed by atoms with van der Waals surface area (Å²) in [6.45, 7) is 2.24. The maximum Gasteiger partial charge on any atom is 0.244 e. The van der Waals surface area contributed by atoms with Gasteiger partial charge in [0.1, 0.15) is 10.7 Å². The lowest BCUT2D eigenvalue weighted by molar-refractivity contribution is 0.151.